The summed E-state index contributed by atoms with van der Waals surface area (Å²) in [6, 6.07) is 5.65. The maximum Gasteiger partial charge on any atom is 0.281 e. The third-order valence-electron chi connectivity index (χ3n) is 2.00. The van der Waals surface area contributed by atoms with Gasteiger partial charge in [0.15, 0.2) is 6.29 Å². The quantitative estimate of drug-likeness (QED) is 0.764. The maximum absolute atomic E-state index is 10.9. The summed E-state index contributed by atoms with van der Waals surface area (Å²) in [5.41, 5.74) is 1.69. The van der Waals surface area contributed by atoms with Crippen LogP contribution in [0.2, 0.25) is 0 Å². The lowest BCUT2D eigenvalue weighted by Gasteiger charge is -2.01. The fraction of sp³-hybridized carbons (Fsp3) is 0.182. The van der Waals surface area contributed by atoms with Crippen LogP contribution >= 0.6 is 11.8 Å². The fourth-order valence-corrected chi connectivity index (χ4v) is 2.06. The Morgan fingerprint density at radius 2 is 2.12 bits per heavy atom. The first-order valence-electron chi connectivity index (χ1n) is 4.73. The number of rotatable bonds is 3. The molecule has 0 saturated heterocycles. The molecule has 0 aliphatic carbocycles. The molecule has 4 nitrogen and oxygen atoms in total. The standard InChI is InChI=1S/C11H10N2O2S/c1-7-3-4-10(9(5-7)6-14)16-11-13-12-8(2)15-11/h3-6H,1-2H3. The van der Waals surface area contributed by atoms with Gasteiger partial charge in [0.25, 0.3) is 5.22 Å². The highest BCUT2D eigenvalue weighted by Gasteiger charge is 2.08. The molecule has 0 unspecified atom stereocenters. The second-order valence-electron chi connectivity index (χ2n) is 3.35. The Labute approximate surface area is 97.1 Å². The van der Waals surface area contributed by atoms with Crippen molar-refractivity contribution >= 4 is 18.0 Å². The van der Waals surface area contributed by atoms with E-state index in [0.717, 1.165) is 16.7 Å². The van der Waals surface area contributed by atoms with Gasteiger partial charge in [-0.25, -0.2) is 0 Å². The van der Waals surface area contributed by atoms with Gasteiger partial charge in [-0.05, 0) is 30.8 Å². The van der Waals surface area contributed by atoms with Crippen LogP contribution in [-0.2, 0) is 0 Å². The lowest BCUT2D eigenvalue weighted by Crippen LogP contribution is -1.86. The Morgan fingerprint density at radius 1 is 1.31 bits per heavy atom. The summed E-state index contributed by atoms with van der Waals surface area (Å²) in [7, 11) is 0. The molecule has 1 heterocycles. The van der Waals surface area contributed by atoms with Gasteiger partial charge in [0.1, 0.15) is 0 Å². The molecule has 82 valence electrons. The largest absolute Gasteiger partial charge is 0.416 e. The second kappa shape index (κ2) is 4.49. The molecule has 0 amide bonds. The van der Waals surface area contributed by atoms with Crippen molar-refractivity contribution in [1.29, 1.82) is 0 Å². The number of hydrogen-bond acceptors (Lipinski definition) is 5. The van der Waals surface area contributed by atoms with Gasteiger partial charge in [-0.2, -0.15) is 0 Å². The van der Waals surface area contributed by atoms with Gasteiger partial charge < -0.3 is 4.42 Å². The first-order valence-corrected chi connectivity index (χ1v) is 5.54. The molecule has 0 bridgehead atoms. The zero-order chi connectivity index (χ0) is 11.5. The molecule has 1 aromatic carbocycles. The molecule has 1 aromatic heterocycles. The molecule has 0 N–H and O–H groups in total. The number of aryl methyl sites for hydroxylation is 2. The molecular weight excluding hydrogens is 224 g/mol. The van der Waals surface area contributed by atoms with Crippen molar-refractivity contribution in [2.24, 2.45) is 0 Å². The average molecular weight is 234 g/mol. The molecule has 0 aliphatic rings. The first kappa shape index (κ1) is 10.9. The van der Waals surface area contributed by atoms with E-state index in [-0.39, 0.29) is 0 Å². The van der Waals surface area contributed by atoms with Crippen LogP contribution in [0.15, 0.2) is 32.7 Å². The van der Waals surface area contributed by atoms with E-state index in [1.54, 1.807) is 6.92 Å². The van der Waals surface area contributed by atoms with Gasteiger partial charge in [-0.1, -0.05) is 11.6 Å². The summed E-state index contributed by atoms with van der Waals surface area (Å²) in [5, 5.41) is 8.05. The minimum Gasteiger partial charge on any atom is -0.416 e. The van der Waals surface area contributed by atoms with Gasteiger partial charge in [0, 0.05) is 17.4 Å². The van der Waals surface area contributed by atoms with E-state index in [1.807, 2.05) is 25.1 Å². The second-order valence-corrected chi connectivity index (χ2v) is 4.34. The molecule has 0 saturated carbocycles. The molecule has 0 spiro atoms. The molecule has 16 heavy (non-hydrogen) atoms. The SMILES string of the molecule is Cc1ccc(Sc2nnc(C)o2)c(C=O)c1. The normalized spacial score (nSPS) is 10.4. The van der Waals surface area contributed by atoms with Crippen LogP contribution in [0.25, 0.3) is 0 Å². The van der Waals surface area contributed by atoms with Crippen LogP contribution in [0.1, 0.15) is 21.8 Å². The summed E-state index contributed by atoms with van der Waals surface area (Å²) in [6.45, 7) is 3.67. The van der Waals surface area contributed by atoms with Crippen LogP contribution in [0.4, 0.5) is 0 Å². The Morgan fingerprint density at radius 3 is 2.75 bits per heavy atom. The van der Waals surface area contributed by atoms with E-state index < -0.39 is 0 Å². The Bertz CT molecular complexity index is 522. The van der Waals surface area contributed by atoms with Gasteiger partial charge in [0.05, 0.1) is 0 Å². The molecule has 0 radical (unpaired) electrons. The summed E-state index contributed by atoms with van der Waals surface area (Å²) in [5.74, 6) is 0.516. The third-order valence-corrected chi connectivity index (χ3v) is 2.93. The zero-order valence-corrected chi connectivity index (χ0v) is 9.75. The van der Waals surface area contributed by atoms with Gasteiger partial charge in [0.2, 0.25) is 5.89 Å². The van der Waals surface area contributed by atoms with Gasteiger partial charge in [-0.3, -0.25) is 4.79 Å². The van der Waals surface area contributed by atoms with Crippen LogP contribution < -0.4 is 0 Å². The van der Waals surface area contributed by atoms with E-state index in [2.05, 4.69) is 10.2 Å². The number of nitrogens with zero attached hydrogens (tertiary/aromatic N) is 2. The zero-order valence-electron chi connectivity index (χ0n) is 8.93. The maximum atomic E-state index is 10.9. The minimum atomic E-state index is 0.449. The van der Waals surface area contributed by atoms with Gasteiger partial charge >= 0.3 is 0 Å². The highest BCUT2D eigenvalue weighted by Crippen LogP contribution is 2.29. The Balaban J connectivity index is 2.30. The van der Waals surface area contributed by atoms with E-state index in [0.29, 0.717) is 16.7 Å². The van der Waals surface area contributed by atoms with Crippen molar-refractivity contribution < 1.29 is 9.21 Å². The average Bonchev–Trinajstić information content (AvgIpc) is 2.67. The molecule has 5 heteroatoms. The smallest absolute Gasteiger partial charge is 0.281 e. The topological polar surface area (TPSA) is 56.0 Å². The van der Waals surface area contributed by atoms with Gasteiger partial charge in [-0.15, -0.1) is 10.2 Å². The molecule has 0 atom stereocenters. The molecular formula is C11H10N2O2S. The summed E-state index contributed by atoms with van der Waals surface area (Å²) in [6.07, 6.45) is 0.832. The van der Waals surface area contributed by atoms with Crippen molar-refractivity contribution in [3.05, 3.63) is 35.2 Å². The van der Waals surface area contributed by atoms with Crippen LogP contribution in [0.3, 0.4) is 0 Å². The molecule has 0 aliphatic heterocycles. The van der Waals surface area contributed by atoms with E-state index in [9.17, 15) is 4.79 Å². The number of aldehydes is 1. The molecule has 2 aromatic rings. The number of benzene rings is 1. The fourth-order valence-electron chi connectivity index (χ4n) is 1.27. The number of carbonyl (C=O) groups excluding carboxylic acids is 1. The van der Waals surface area contributed by atoms with E-state index >= 15 is 0 Å². The van der Waals surface area contributed by atoms with Crippen LogP contribution in [0, 0.1) is 13.8 Å². The number of carbonyl (C=O) groups is 1. The summed E-state index contributed by atoms with van der Waals surface area (Å²) < 4.78 is 5.24. The van der Waals surface area contributed by atoms with Crippen molar-refractivity contribution in [2.75, 3.05) is 0 Å². The predicted molar refractivity (Wildman–Crippen MR) is 59.7 cm³/mol. The Kier molecular flexibility index (Phi) is 3.05. The summed E-state index contributed by atoms with van der Waals surface area (Å²) >= 11 is 1.30. The Hall–Kier alpha value is -1.62. The van der Waals surface area contributed by atoms with E-state index in [4.69, 9.17) is 4.42 Å². The first-order chi connectivity index (χ1) is 7.69. The van der Waals surface area contributed by atoms with Crippen LogP contribution in [-0.4, -0.2) is 16.5 Å². The molecule has 0 fully saturated rings. The molecule has 2 rings (SSSR count). The minimum absolute atomic E-state index is 0.449. The van der Waals surface area contributed by atoms with Crippen molar-refractivity contribution in [1.82, 2.24) is 10.2 Å². The lowest BCUT2D eigenvalue weighted by atomic mass is 10.2. The van der Waals surface area contributed by atoms with Crippen molar-refractivity contribution in [2.45, 2.75) is 24.0 Å². The van der Waals surface area contributed by atoms with Crippen LogP contribution in [0.5, 0.6) is 0 Å². The number of aromatic nitrogens is 2. The van der Waals surface area contributed by atoms with Crippen molar-refractivity contribution in [3.8, 4) is 0 Å². The highest BCUT2D eigenvalue weighted by atomic mass is 32.2. The third kappa shape index (κ3) is 2.30. The number of hydrogen-bond donors (Lipinski definition) is 0. The van der Waals surface area contributed by atoms with Crippen molar-refractivity contribution in [3.63, 3.8) is 0 Å². The van der Waals surface area contributed by atoms with E-state index in [1.165, 1.54) is 11.8 Å². The predicted octanol–water partition coefficient (Wildman–Crippen LogP) is 2.65. The summed E-state index contributed by atoms with van der Waals surface area (Å²) in [4.78, 5) is 11.7. The highest BCUT2D eigenvalue weighted by molar-refractivity contribution is 7.99. The monoisotopic (exact) mass is 234 g/mol. The lowest BCUT2D eigenvalue weighted by molar-refractivity contribution is 0.112.